The molecule has 0 aliphatic carbocycles. The number of halogens is 1. The Morgan fingerprint density at radius 1 is 1.00 bits per heavy atom. The maximum atomic E-state index is 11.8. The van der Waals surface area contributed by atoms with E-state index in [1.165, 1.54) is 12.1 Å². The second-order valence-corrected chi connectivity index (χ2v) is 8.21. The lowest BCUT2D eigenvalue weighted by atomic mass is 10.0. The third-order valence-corrected chi connectivity index (χ3v) is 5.74. The van der Waals surface area contributed by atoms with Crippen LogP contribution in [-0.2, 0) is 4.79 Å². The first-order chi connectivity index (χ1) is 15.8. The Balaban J connectivity index is 1.58. The lowest BCUT2D eigenvalue weighted by molar-refractivity contribution is -0.131. The highest BCUT2D eigenvalue weighted by Crippen LogP contribution is 2.32. The zero-order chi connectivity index (χ0) is 23.5. The number of furan rings is 1. The Morgan fingerprint density at radius 3 is 2.45 bits per heavy atom. The summed E-state index contributed by atoms with van der Waals surface area (Å²) in [6.07, 6.45) is 1.33. The summed E-state index contributed by atoms with van der Waals surface area (Å²) in [5.74, 6) is -1.32. The van der Waals surface area contributed by atoms with Crippen molar-refractivity contribution in [3.63, 3.8) is 0 Å². The van der Waals surface area contributed by atoms with Crippen LogP contribution in [0.5, 0.6) is 0 Å². The first-order valence-corrected chi connectivity index (χ1v) is 10.7. The minimum absolute atomic E-state index is 0.0467. The monoisotopic (exact) mass is 482 g/mol. The van der Waals surface area contributed by atoms with Crippen LogP contribution in [0.4, 0.5) is 0 Å². The highest BCUT2D eigenvalue weighted by molar-refractivity contribution is 8.03. The van der Waals surface area contributed by atoms with Crippen molar-refractivity contribution in [1.82, 2.24) is 10.2 Å². The van der Waals surface area contributed by atoms with Crippen molar-refractivity contribution in [2.45, 2.75) is 12.1 Å². The van der Waals surface area contributed by atoms with Crippen LogP contribution in [-0.4, -0.2) is 32.3 Å². The largest absolute Gasteiger partial charge is 0.478 e. The molecule has 0 atom stereocenters. The van der Waals surface area contributed by atoms with Crippen LogP contribution in [0, 0.1) is 6.92 Å². The highest BCUT2D eigenvalue weighted by atomic mass is 35.5. The number of hydrogen-bond acceptors (Lipinski definition) is 7. The summed E-state index contributed by atoms with van der Waals surface area (Å²) in [6, 6.07) is 14.9. The third kappa shape index (κ3) is 5.00. The number of carboxylic acids is 2. The number of rotatable bonds is 7. The van der Waals surface area contributed by atoms with E-state index in [0.717, 1.165) is 11.8 Å². The smallest absolute Gasteiger partial charge is 0.342 e. The van der Waals surface area contributed by atoms with Crippen LogP contribution >= 0.6 is 23.4 Å². The first-order valence-electron chi connectivity index (χ1n) is 9.47. The Kier molecular flexibility index (Phi) is 6.34. The van der Waals surface area contributed by atoms with E-state index in [-0.39, 0.29) is 27.3 Å². The fourth-order valence-corrected chi connectivity index (χ4v) is 3.81. The number of carboxylic acid groups (broad SMARTS) is 2. The van der Waals surface area contributed by atoms with Gasteiger partial charge >= 0.3 is 11.9 Å². The Hall–Kier alpha value is -3.82. The standard InChI is InChI=1S/C23H15ClN2O6S/c1-12-16(3-2-4-17(12)21(27)28)18-10-9-15(31-18)11-19(22(29)30)33-23-26-25-20(32-23)13-5-7-14(24)8-6-13/h2-11H,1H3,(H,27,28)(H,29,30)/b19-11-. The molecule has 2 aromatic heterocycles. The maximum Gasteiger partial charge on any atom is 0.342 e. The van der Waals surface area contributed by atoms with E-state index in [0.29, 0.717) is 27.5 Å². The van der Waals surface area contributed by atoms with E-state index in [1.807, 2.05) is 0 Å². The second kappa shape index (κ2) is 9.35. The predicted octanol–water partition coefficient (Wildman–Crippen LogP) is 5.87. The lowest BCUT2D eigenvalue weighted by Gasteiger charge is -2.06. The Morgan fingerprint density at radius 2 is 1.76 bits per heavy atom. The quantitative estimate of drug-likeness (QED) is 0.245. The van der Waals surface area contributed by atoms with Gasteiger partial charge in [0.25, 0.3) is 5.22 Å². The summed E-state index contributed by atoms with van der Waals surface area (Å²) >= 11 is 6.66. The highest BCUT2D eigenvalue weighted by Gasteiger charge is 2.18. The molecule has 33 heavy (non-hydrogen) atoms. The Bertz CT molecular complexity index is 1370. The summed E-state index contributed by atoms with van der Waals surface area (Å²) in [7, 11) is 0. The zero-order valence-corrected chi connectivity index (χ0v) is 18.6. The van der Waals surface area contributed by atoms with Crippen LogP contribution in [0.3, 0.4) is 0 Å². The van der Waals surface area contributed by atoms with Gasteiger partial charge in [-0.25, -0.2) is 9.59 Å². The van der Waals surface area contributed by atoms with Crippen molar-refractivity contribution in [2.75, 3.05) is 0 Å². The molecule has 8 nitrogen and oxygen atoms in total. The molecule has 4 aromatic rings. The maximum absolute atomic E-state index is 11.8. The Labute approximate surface area is 196 Å². The number of benzene rings is 2. The molecular weight excluding hydrogens is 468 g/mol. The van der Waals surface area contributed by atoms with Crippen molar-refractivity contribution in [3.05, 3.63) is 81.4 Å². The zero-order valence-electron chi connectivity index (χ0n) is 17.0. The average Bonchev–Trinajstić information content (AvgIpc) is 3.43. The van der Waals surface area contributed by atoms with Gasteiger partial charge < -0.3 is 19.0 Å². The van der Waals surface area contributed by atoms with Gasteiger partial charge in [0.2, 0.25) is 5.89 Å². The van der Waals surface area contributed by atoms with Gasteiger partial charge in [0, 0.05) is 22.2 Å². The van der Waals surface area contributed by atoms with E-state index >= 15 is 0 Å². The number of hydrogen-bond donors (Lipinski definition) is 2. The number of aromatic carboxylic acids is 1. The number of carbonyl (C=O) groups is 2. The van der Waals surface area contributed by atoms with E-state index in [1.54, 1.807) is 55.5 Å². The van der Waals surface area contributed by atoms with E-state index in [4.69, 9.17) is 20.4 Å². The number of nitrogens with zero attached hydrogens (tertiary/aromatic N) is 2. The van der Waals surface area contributed by atoms with Crippen molar-refractivity contribution in [2.24, 2.45) is 0 Å². The third-order valence-electron chi connectivity index (χ3n) is 4.64. The minimum Gasteiger partial charge on any atom is -0.478 e. The van der Waals surface area contributed by atoms with Crippen molar-refractivity contribution < 1.29 is 28.6 Å². The molecule has 0 aliphatic heterocycles. The molecular formula is C23H15ClN2O6S. The van der Waals surface area contributed by atoms with Gasteiger partial charge in [-0.1, -0.05) is 23.7 Å². The molecule has 2 N–H and O–H groups in total. The normalized spacial score (nSPS) is 11.5. The van der Waals surface area contributed by atoms with Gasteiger partial charge in [-0.05, 0) is 66.7 Å². The fourth-order valence-electron chi connectivity index (χ4n) is 3.03. The van der Waals surface area contributed by atoms with Crippen molar-refractivity contribution in [3.8, 4) is 22.8 Å². The molecule has 0 amide bonds. The summed E-state index contributed by atoms with van der Waals surface area (Å²) in [5.41, 5.74) is 1.96. The molecule has 0 aliphatic rings. The number of aliphatic carboxylic acids is 1. The summed E-state index contributed by atoms with van der Waals surface area (Å²) < 4.78 is 11.3. The van der Waals surface area contributed by atoms with Crippen LogP contribution in [0.1, 0.15) is 21.7 Å². The molecule has 2 aromatic carbocycles. The van der Waals surface area contributed by atoms with Crippen LogP contribution in [0.2, 0.25) is 5.02 Å². The van der Waals surface area contributed by atoms with Crippen LogP contribution in [0.15, 0.2) is 73.6 Å². The SMILES string of the molecule is Cc1c(C(=O)O)cccc1-c1ccc(/C=C(\Sc2nnc(-c3ccc(Cl)cc3)o2)C(=O)O)o1. The van der Waals surface area contributed by atoms with Gasteiger partial charge in [-0.15, -0.1) is 10.2 Å². The first kappa shape index (κ1) is 22.4. The minimum atomic E-state index is -1.20. The molecule has 2 heterocycles. The molecule has 0 saturated carbocycles. The molecule has 0 radical (unpaired) electrons. The van der Waals surface area contributed by atoms with Crippen molar-refractivity contribution in [1.29, 1.82) is 0 Å². The van der Waals surface area contributed by atoms with Crippen LogP contribution < -0.4 is 0 Å². The van der Waals surface area contributed by atoms with Crippen molar-refractivity contribution >= 4 is 41.4 Å². The predicted molar refractivity (Wildman–Crippen MR) is 122 cm³/mol. The molecule has 0 bridgehead atoms. The topological polar surface area (TPSA) is 127 Å². The summed E-state index contributed by atoms with van der Waals surface area (Å²) in [4.78, 5) is 23.1. The van der Waals surface area contributed by atoms with E-state index in [9.17, 15) is 19.8 Å². The summed E-state index contributed by atoms with van der Waals surface area (Å²) in [6.45, 7) is 1.68. The molecule has 10 heteroatoms. The lowest BCUT2D eigenvalue weighted by Crippen LogP contribution is -2.00. The molecule has 4 rings (SSSR count). The second-order valence-electron chi connectivity index (χ2n) is 6.78. The fraction of sp³-hybridized carbons (Fsp3) is 0.0435. The molecule has 0 unspecified atom stereocenters. The summed E-state index contributed by atoms with van der Waals surface area (Å²) in [5, 5.41) is 27.4. The molecule has 0 saturated heterocycles. The van der Waals surface area contributed by atoms with Gasteiger partial charge in [0.15, 0.2) is 0 Å². The number of thioether (sulfide) groups is 1. The number of aromatic nitrogens is 2. The van der Waals surface area contributed by atoms with Gasteiger partial charge in [-0.3, -0.25) is 0 Å². The van der Waals surface area contributed by atoms with Crippen LogP contribution in [0.25, 0.3) is 28.9 Å². The van der Waals surface area contributed by atoms with E-state index < -0.39 is 11.9 Å². The van der Waals surface area contributed by atoms with E-state index in [2.05, 4.69) is 10.2 Å². The molecule has 0 spiro atoms. The molecule has 166 valence electrons. The van der Waals surface area contributed by atoms with Gasteiger partial charge in [0.1, 0.15) is 16.4 Å². The molecule has 0 fully saturated rings. The average molecular weight is 483 g/mol. The van der Waals surface area contributed by atoms with Gasteiger partial charge in [0.05, 0.1) is 5.56 Å². The van der Waals surface area contributed by atoms with Gasteiger partial charge in [-0.2, -0.15) is 0 Å².